The van der Waals surface area contributed by atoms with Crippen molar-refractivity contribution in [3.05, 3.63) is 65.1 Å². The van der Waals surface area contributed by atoms with Crippen LogP contribution in [0.3, 0.4) is 0 Å². The molecule has 1 aromatic heterocycles. The summed E-state index contributed by atoms with van der Waals surface area (Å²) in [6, 6.07) is 11.1. The van der Waals surface area contributed by atoms with E-state index in [1.54, 1.807) is 9.80 Å². The molecule has 2 aromatic carbocycles. The second kappa shape index (κ2) is 7.58. The summed E-state index contributed by atoms with van der Waals surface area (Å²) in [5.74, 6) is -0.373. The van der Waals surface area contributed by atoms with Crippen molar-refractivity contribution in [2.45, 2.75) is 13.8 Å². The Kier molecular flexibility index (Phi) is 4.96. The number of anilines is 1. The first-order valence-electron chi connectivity index (χ1n) is 9.62. The van der Waals surface area contributed by atoms with Crippen LogP contribution in [0, 0.1) is 19.7 Å². The molecule has 1 aliphatic heterocycles. The summed E-state index contributed by atoms with van der Waals surface area (Å²) >= 11 is 0. The van der Waals surface area contributed by atoms with Crippen LogP contribution in [0.4, 0.5) is 14.9 Å². The quantitative estimate of drug-likeness (QED) is 0.692. The highest BCUT2D eigenvalue weighted by atomic mass is 19.1. The molecule has 1 saturated heterocycles. The van der Waals surface area contributed by atoms with E-state index < -0.39 is 0 Å². The Morgan fingerprint density at radius 3 is 2.31 bits per heavy atom. The summed E-state index contributed by atoms with van der Waals surface area (Å²) in [5, 5.41) is 3.82. The van der Waals surface area contributed by atoms with E-state index in [1.807, 2.05) is 32.0 Å². The first kappa shape index (κ1) is 19.0. The molecule has 2 N–H and O–H groups in total. The largest absolute Gasteiger partial charge is 0.358 e. The Morgan fingerprint density at radius 2 is 1.62 bits per heavy atom. The van der Waals surface area contributed by atoms with Crippen molar-refractivity contribution in [3.8, 4) is 0 Å². The number of piperazine rings is 1. The van der Waals surface area contributed by atoms with Crippen LogP contribution in [0.15, 0.2) is 42.5 Å². The Balaban J connectivity index is 1.38. The van der Waals surface area contributed by atoms with Crippen LogP contribution in [-0.2, 0) is 0 Å². The molecule has 7 heteroatoms. The average Bonchev–Trinajstić information content (AvgIpc) is 3.02. The lowest BCUT2D eigenvalue weighted by Gasteiger charge is -2.34. The summed E-state index contributed by atoms with van der Waals surface area (Å²) in [6.07, 6.45) is 0. The minimum absolute atomic E-state index is 0.0243. The van der Waals surface area contributed by atoms with Crippen LogP contribution >= 0.6 is 0 Å². The molecule has 29 heavy (non-hydrogen) atoms. The molecule has 150 valence electrons. The van der Waals surface area contributed by atoms with Crippen molar-refractivity contribution >= 4 is 28.5 Å². The molecule has 4 rings (SSSR count). The highest BCUT2D eigenvalue weighted by Crippen LogP contribution is 2.23. The van der Waals surface area contributed by atoms with Gasteiger partial charge in [-0.25, -0.2) is 9.18 Å². The van der Waals surface area contributed by atoms with Gasteiger partial charge in [-0.15, -0.1) is 0 Å². The van der Waals surface area contributed by atoms with Gasteiger partial charge in [0.1, 0.15) is 5.82 Å². The van der Waals surface area contributed by atoms with Crippen LogP contribution < -0.4 is 5.32 Å². The normalized spacial score (nSPS) is 14.3. The molecule has 0 atom stereocenters. The number of aromatic amines is 1. The topological polar surface area (TPSA) is 68.4 Å². The molecule has 0 saturated carbocycles. The van der Waals surface area contributed by atoms with Gasteiger partial charge in [-0.2, -0.15) is 0 Å². The number of carbonyl (C=O) groups is 2. The Morgan fingerprint density at radius 1 is 0.966 bits per heavy atom. The van der Waals surface area contributed by atoms with E-state index in [0.717, 1.165) is 22.2 Å². The number of fused-ring (bicyclic) bond motifs is 1. The lowest BCUT2D eigenvalue weighted by atomic mass is 10.1. The zero-order chi connectivity index (χ0) is 20.5. The summed E-state index contributed by atoms with van der Waals surface area (Å²) in [6.45, 7) is 5.90. The molecule has 0 unspecified atom stereocenters. The standard InChI is InChI=1S/C22H23FN4O2/c1-14-15(2)24-20-8-3-16(13-19(14)20)21(28)26-9-11-27(12-10-26)22(29)25-18-6-4-17(23)5-7-18/h3-8,13,24H,9-12H2,1-2H3,(H,25,29). The molecule has 3 amide bonds. The highest BCUT2D eigenvalue weighted by molar-refractivity contribution is 5.99. The maximum atomic E-state index is 13.0. The van der Waals surface area contributed by atoms with E-state index in [0.29, 0.717) is 37.4 Å². The molecule has 0 spiro atoms. The molecule has 1 fully saturated rings. The van der Waals surface area contributed by atoms with Gasteiger partial charge in [0.15, 0.2) is 0 Å². The SMILES string of the molecule is Cc1[nH]c2ccc(C(=O)N3CCN(C(=O)Nc4ccc(F)cc4)CC3)cc2c1C. The van der Waals surface area contributed by atoms with Gasteiger partial charge in [0.05, 0.1) is 0 Å². The first-order chi connectivity index (χ1) is 13.9. The van der Waals surface area contributed by atoms with Crippen molar-refractivity contribution in [2.24, 2.45) is 0 Å². The van der Waals surface area contributed by atoms with Crippen molar-refractivity contribution in [1.29, 1.82) is 0 Å². The van der Waals surface area contributed by atoms with Crippen LogP contribution in [0.2, 0.25) is 0 Å². The second-order valence-electron chi connectivity index (χ2n) is 7.35. The molecular formula is C22H23FN4O2. The fourth-order valence-corrected chi connectivity index (χ4v) is 3.63. The number of nitrogens with one attached hydrogen (secondary N) is 2. The number of amides is 3. The van der Waals surface area contributed by atoms with Crippen molar-refractivity contribution in [3.63, 3.8) is 0 Å². The van der Waals surface area contributed by atoms with E-state index in [-0.39, 0.29) is 17.8 Å². The monoisotopic (exact) mass is 394 g/mol. The Hall–Kier alpha value is -3.35. The predicted octanol–water partition coefficient (Wildman–Crippen LogP) is 3.91. The number of hydrogen-bond acceptors (Lipinski definition) is 2. The van der Waals surface area contributed by atoms with Gasteiger partial charge >= 0.3 is 6.03 Å². The van der Waals surface area contributed by atoms with E-state index in [2.05, 4.69) is 10.3 Å². The van der Waals surface area contributed by atoms with Crippen LogP contribution in [0.1, 0.15) is 21.6 Å². The number of rotatable bonds is 2. The summed E-state index contributed by atoms with van der Waals surface area (Å²) in [5.41, 5.74) is 4.48. The lowest BCUT2D eigenvalue weighted by Crippen LogP contribution is -2.51. The number of urea groups is 1. The minimum atomic E-state index is -0.349. The van der Waals surface area contributed by atoms with Gasteiger partial charge in [0, 0.05) is 54.0 Å². The van der Waals surface area contributed by atoms with Gasteiger partial charge in [-0.3, -0.25) is 4.79 Å². The van der Waals surface area contributed by atoms with Crippen LogP contribution in [0.5, 0.6) is 0 Å². The summed E-state index contributed by atoms with van der Waals surface area (Å²) in [7, 11) is 0. The van der Waals surface area contributed by atoms with E-state index in [9.17, 15) is 14.0 Å². The van der Waals surface area contributed by atoms with Gasteiger partial charge < -0.3 is 20.1 Å². The van der Waals surface area contributed by atoms with Gasteiger partial charge in [-0.1, -0.05) is 0 Å². The van der Waals surface area contributed by atoms with E-state index >= 15 is 0 Å². The number of benzene rings is 2. The lowest BCUT2D eigenvalue weighted by molar-refractivity contribution is 0.0672. The number of aryl methyl sites for hydroxylation is 2. The zero-order valence-electron chi connectivity index (χ0n) is 16.5. The molecule has 0 radical (unpaired) electrons. The second-order valence-corrected chi connectivity index (χ2v) is 7.35. The third-order valence-electron chi connectivity index (χ3n) is 5.50. The fraction of sp³-hybridized carbons (Fsp3) is 0.273. The first-order valence-corrected chi connectivity index (χ1v) is 9.62. The number of halogens is 1. The van der Waals surface area contributed by atoms with Crippen molar-refractivity contribution < 1.29 is 14.0 Å². The molecule has 0 aliphatic carbocycles. The average molecular weight is 394 g/mol. The van der Waals surface area contributed by atoms with Crippen LogP contribution in [-0.4, -0.2) is 52.9 Å². The fourth-order valence-electron chi connectivity index (χ4n) is 3.63. The molecule has 1 aliphatic rings. The maximum Gasteiger partial charge on any atom is 0.321 e. The summed E-state index contributed by atoms with van der Waals surface area (Å²) < 4.78 is 13.0. The van der Waals surface area contributed by atoms with Gasteiger partial charge in [0.2, 0.25) is 0 Å². The van der Waals surface area contributed by atoms with Crippen molar-refractivity contribution in [1.82, 2.24) is 14.8 Å². The van der Waals surface area contributed by atoms with Crippen molar-refractivity contribution in [2.75, 3.05) is 31.5 Å². The molecule has 3 aromatic rings. The number of aromatic nitrogens is 1. The van der Waals surface area contributed by atoms with Gasteiger partial charge in [0.25, 0.3) is 5.91 Å². The smallest absolute Gasteiger partial charge is 0.321 e. The van der Waals surface area contributed by atoms with Crippen LogP contribution in [0.25, 0.3) is 10.9 Å². The molecule has 0 bridgehead atoms. The molecule has 2 heterocycles. The maximum absolute atomic E-state index is 13.0. The molecule has 6 nitrogen and oxygen atoms in total. The molecular weight excluding hydrogens is 371 g/mol. The van der Waals surface area contributed by atoms with E-state index in [4.69, 9.17) is 0 Å². The number of carbonyl (C=O) groups excluding carboxylic acids is 2. The Labute approximate surface area is 168 Å². The third-order valence-corrected chi connectivity index (χ3v) is 5.50. The Bertz CT molecular complexity index is 1070. The number of H-pyrrole nitrogens is 1. The summed E-state index contributed by atoms with van der Waals surface area (Å²) in [4.78, 5) is 32.1. The highest BCUT2D eigenvalue weighted by Gasteiger charge is 2.25. The van der Waals surface area contributed by atoms with E-state index in [1.165, 1.54) is 24.3 Å². The number of hydrogen-bond donors (Lipinski definition) is 2. The van der Waals surface area contributed by atoms with Gasteiger partial charge in [-0.05, 0) is 61.9 Å². The predicted molar refractivity (Wildman–Crippen MR) is 111 cm³/mol. The minimum Gasteiger partial charge on any atom is -0.358 e. The number of nitrogens with zero attached hydrogens (tertiary/aromatic N) is 2. The third kappa shape index (κ3) is 3.81. The zero-order valence-corrected chi connectivity index (χ0v) is 16.5.